The summed E-state index contributed by atoms with van der Waals surface area (Å²) in [6, 6.07) is 4.58. The standard InChI is InChI=1S/C13H15FN6O/c1-9(21)17-5-10(15)6-18-11-2-3-13(12(14)4-11)20-8-16-7-19-20/h2-4,6-8,18H,5,15H2,1H3,(H,17,21)/b10-6-. The van der Waals surface area contributed by atoms with Gasteiger partial charge in [-0.1, -0.05) is 0 Å². The van der Waals surface area contributed by atoms with Crippen molar-refractivity contribution in [2.45, 2.75) is 6.92 Å². The summed E-state index contributed by atoms with van der Waals surface area (Å²) in [6.07, 6.45) is 4.24. The zero-order valence-corrected chi connectivity index (χ0v) is 11.4. The van der Waals surface area contributed by atoms with Crippen LogP contribution in [-0.4, -0.2) is 27.2 Å². The lowest BCUT2D eigenvalue weighted by atomic mass is 10.2. The molecule has 0 atom stereocenters. The molecule has 0 aliphatic carbocycles. The number of halogens is 1. The van der Waals surface area contributed by atoms with Crippen molar-refractivity contribution in [3.05, 3.63) is 48.6 Å². The minimum atomic E-state index is -0.445. The van der Waals surface area contributed by atoms with E-state index in [1.807, 2.05) is 0 Å². The van der Waals surface area contributed by atoms with Gasteiger partial charge in [-0.3, -0.25) is 4.79 Å². The van der Waals surface area contributed by atoms with Crippen molar-refractivity contribution in [2.75, 3.05) is 11.9 Å². The second-order valence-corrected chi connectivity index (χ2v) is 4.28. The lowest BCUT2D eigenvalue weighted by Crippen LogP contribution is -2.25. The lowest BCUT2D eigenvalue weighted by molar-refractivity contribution is -0.118. The maximum atomic E-state index is 14.0. The van der Waals surface area contributed by atoms with Crippen LogP contribution in [0, 0.1) is 5.82 Å². The minimum absolute atomic E-state index is 0.172. The number of anilines is 1. The van der Waals surface area contributed by atoms with Crippen LogP contribution in [0.4, 0.5) is 10.1 Å². The van der Waals surface area contributed by atoms with Crippen molar-refractivity contribution in [3.63, 3.8) is 0 Å². The number of hydrogen-bond donors (Lipinski definition) is 3. The SMILES string of the molecule is CC(=O)NC/C(N)=C/Nc1ccc(-n2cncn2)c(F)c1. The van der Waals surface area contributed by atoms with Gasteiger partial charge in [-0.05, 0) is 18.2 Å². The molecule has 1 aromatic heterocycles. The van der Waals surface area contributed by atoms with Crippen LogP contribution in [-0.2, 0) is 4.79 Å². The van der Waals surface area contributed by atoms with E-state index in [0.29, 0.717) is 17.1 Å². The second-order valence-electron chi connectivity index (χ2n) is 4.28. The van der Waals surface area contributed by atoms with Gasteiger partial charge in [0, 0.05) is 24.5 Å². The molecule has 8 heteroatoms. The number of carbonyl (C=O) groups excluding carboxylic acids is 1. The molecule has 1 heterocycles. The van der Waals surface area contributed by atoms with Gasteiger partial charge >= 0.3 is 0 Å². The van der Waals surface area contributed by atoms with Crippen LogP contribution in [0.2, 0.25) is 0 Å². The summed E-state index contributed by atoms with van der Waals surface area (Å²) in [5.41, 5.74) is 6.93. The highest BCUT2D eigenvalue weighted by Gasteiger charge is 2.05. The van der Waals surface area contributed by atoms with Crippen LogP contribution in [0.25, 0.3) is 5.69 Å². The maximum Gasteiger partial charge on any atom is 0.217 e. The Morgan fingerprint density at radius 1 is 1.52 bits per heavy atom. The monoisotopic (exact) mass is 290 g/mol. The fraction of sp³-hybridized carbons (Fsp3) is 0.154. The summed E-state index contributed by atoms with van der Waals surface area (Å²) in [7, 11) is 0. The first-order chi connectivity index (χ1) is 10.1. The molecule has 0 saturated heterocycles. The highest BCUT2D eigenvalue weighted by molar-refractivity contribution is 5.73. The number of carbonyl (C=O) groups is 1. The Hall–Kier alpha value is -2.90. The van der Waals surface area contributed by atoms with Crippen molar-refractivity contribution in [3.8, 4) is 5.69 Å². The summed E-state index contributed by atoms with van der Waals surface area (Å²) in [6.45, 7) is 1.63. The van der Waals surface area contributed by atoms with Gasteiger partial charge in [0.25, 0.3) is 0 Å². The molecule has 0 saturated carbocycles. The Balaban J connectivity index is 2.04. The van der Waals surface area contributed by atoms with Crippen molar-refractivity contribution < 1.29 is 9.18 Å². The van der Waals surface area contributed by atoms with Crippen LogP contribution < -0.4 is 16.4 Å². The molecule has 0 spiro atoms. The second kappa shape index (κ2) is 6.51. The summed E-state index contributed by atoms with van der Waals surface area (Å²) >= 11 is 0. The number of benzene rings is 1. The average molecular weight is 290 g/mol. The average Bonchev–Trinajstić information content (AvgIpc) is 2.97. The summed E-state index contributed by atoms with van der Waals surface area (Å²) in [4.78, 5) is 14.5. The van der Waals surface area contributed by atoms with Gasteiger partial charge in [0.1, 0.15) is 18.3 Å². The third kappa shape index (κ3) is 4.03. The number of hydrogen-bond acceptors (Lipinski definition) is 5. The molecular formula is C13H15FN6O. The van der Waals surface area contributed by atoms with E-state index >= 15 is 0 Å². The molecule has 0 bridgehead atoms. The maximum absolute atomic E-state index is 14.0. The number of aromatic nitrogens is 3. The van der Waals surface area contributed by atoms with E-state index in [0.717, 1.165) is 0 Å². The van der Waals surface area contributed by atoms with E-state index in [9.17, 15) is 9.18 Å². The first kappa shape index (κ1) is 14.5. The minimum Gasteiger partial charge on any atom is -0.399 e. The fourth-order valence-corrected chi connectivity index (χ4v) is 1.57. The first-order valence-corrected chi connectivity index (χ1v) is 6.16. The molecule has 7 nitrogen and oxygen atoms in total. The molecular weight excluding hydrogens is 275 g/mol. The molecule has 2 aromatic rings. The molecule has 110 valence electrons. The van der Waals surface area contributed by atoms with Gasteiger partial charge in [0.2, 0.25) is 5.91 Å². The number of nitrogens with one attached hydrogen (secondary N) is 2. The van der Waals surface area contributed by atoms with E-state index in [-0.39, 0.29) is 12.5 Å². The largest absolute Gasteiger partial charge is 0.399 e. The summed E-state index contributed by atoms with van der Waals surface area (Å²) in [5.74, 6) is -0.617. The molecule has 4 N–H and O–H groups in total. The van der Waals surface area contributed by atoms with E-state index in [4.69, 9.17) is 5.73 Å². The van der Waals surface area contributed by atoms with E-state index in [1.165, 1.54) is 36.5 Å². The van der Waals surface area contributed by atoms with Crippen molar-refractivity contribution >= 4 is 11.6 Å². The normalized spacial score (nSPS) is 11.2. The van der Waals surface area contributed by atoms with Crippen LogP contribution in [0.5, 0.6) is 0 Å². The molecule has 1 aromatic carbocycles. The molecule has 0 unspecified atom stereocenters. The van der Waals surface area contributed by atoms with E-state index < -0.39 is 5.82 Å². The molecule has 0 radical (unpaired) electrons. The van der Waals surface area contributed by atoms with Gasteiger partial charge in [0.05, 0.1) is 6.54 Å². The first-order valence-electron chi connectivity index (χ1n) is 6.16. The van der Waals surface area contributed by atoms with Gasteiger partial charge in [-0.25, -0.2) is 14.1 Å². The van der Waals surface area contributed by atoms with E-state index in [1.54, 1.807) is 12.1 Å². The topological polar surface area (TPSA) is 97.9 Å². The Morgan fingerprint density at radius 2 is 2.33 bits per heavy atom. The van der Waals surface area contributed by atoms with E-state index in [2.05, 4.69) is 20.7 Å². The van der Waals surface area contributed by atoms with Crippen molar-refractivity contribution in [1.82, 2.24) is 20.1 Å². The summed E-state index contributed by atoms with van der Waals surface area (Å²) in [5, 5.41) is 9.28. The third-order valence-electron chi connectivity index (χ3n) is 2.58. The Morgan fingerprint density at radius 3 is 2.95 bits per heavy atom. The van der Waals surface area contributed by atoms with Crippen molar-refractivity contribution in [2.24, 2.45) is 5.73 Å². The lowest BCUT2D eigenvalue weighted by Gasteiger charge is -2.07. The molecule has 1 amide bonds. The molecule has 2 rings (SSSR count). The predicted octanol–water partition coefficient (Wildman–Crippen LogP) is 0.754. The Kier molecular flexibility index (Phi) is 4.50. The number of amides is 1. The van der Waals surface area contributed by atoms with Crippen LogP contribution in [0.15, 0.2) is 42.8 Å². The van der Waals surface area contributed by atoms with Crippen LogP contribution in [0.1, 0.15) is 6.92 Å². The Labute approximate surface area is 120 Å². The quantitative estimate of drug-likeness (QED) is 0.755. The van der Waals surface area contributed by atoms with Gasteiger partial charge < -0.3 is 16.4 Å². The van der Waals surface area contributed by atoms with Crippen LogP contribution >= 0.6 is 0 Å². The molecule has 0 aliphatic rings. The van der Waals surface area contributed by atoms with Gasteiger partial charge in [0.15, 0.2) is 5.82 Å². The van der Waals surface area contributed by atoms with Crippen molar-refractivity contribution in [1.29, 1.82) is 0 Å². The molecule has 0 aliphatic heterocycles. The third-order valence-corrected chi connectivity index (χ3v) is 2.58. The smallest absolute Gasteiger partial charge is 0.217 e. The predicted molar refractivity (Wildman–Crippen MR) is 75.9 cm³/mol. The number of nitrogens with two attached hydrogens (primary N) is 1. The Bertz CT molecular complexity index is 653. The highest BCUT2D eigenvalue weighted by atomic mass is 19.1. The molecule has 21 heavy (non-hydrogen) atoms. The fourth-order valence-electron chi connectivity index (χ4n) is 1.57. The highest BCUT2D eigenvalue weighted by Crippen LogP contribution is 2.17. The van der Waals surface area contributed by atoms with Gasteiger partial charge in [-0.15, -0.1) is 0 Å². The van der Waals surface area contributed by atoms with Gasteiger partial charge in [-0.2, -0.15) is 5.10 Å². The zero-order valence-electron chi connectivity index (χ0n) is 11.4. The zero-order chi connectivity index (χ0) is 15.2. The number of nitrogens with zero attached hydrogens (tertiary/aromatic N) is 3. The molecule has 0 fully saturated rings. The summed E-state index contributed by atoms with van der Waals surface area (Å²) < 4.78 is 15.3. The number of rotatable bonds is 5. The van der Waals surface area contributed by atoms with Crippen LogP contribution in [0.3, 0.4) is 0 Å².